The zero-order valence-corrected chi connectivity index (χ0v) is 25.2. The second-order valence-corrected chi connectivity index (χ2v) is 11.7. The van der Waals surface area contributed by atoms with Crippen molar-refractivity contribution in [1.29, 1.82) is 0 Å². The number of hydrogen-bond donors (Lipinski definition) is 1. The molecule has 1 amide bonds. The Morgan fingerprint density at radius 3 is 2.50 bits per heavy atom. The minimum atomic E-state index is -0.0637. The highest BCUT2D eigenvalue weighted by Gasteiger charge is 2.29. The van der Waals surface area contributed by atoms with Gasteiger partial charge in [0.25, 0.3) is 5.91 Å². The number of aryl methyl sites for hydroxylation is 1. The first-order valence-corrected chi connectivity index (χ1v) is 14.9. The van der Waals surface area contributed by atoms with E-state index in [0.717, 1.165) is 56.0 Å². The lowest BCUT2D eigenvalue weighted by atomic mass is 9.88. The van der Waals surface area contributed by atoms with Gasteiger partial charge in [-0.3, -0.25) is 14.6 Å². The maximum Gasteiger partial charge on any atom is 0.270 e. The summed E-state index contributed by atoms with van der Waals surface area (Å²) in [7, 11) is 0. The summed E-state index contributed by atoms with van der Waals surface area (Å²) in [5.41, 5.74) is 12.7. The number of likely N-dealkylation sites (tertiary alicyclic amines) is 1. The normalized spacial score (nSPS) is 22.6. The largest absolute Gasteiger partial charge is 0.394 e. The lowest BCUT2D eigenvalue weighted by Gasteiger charge is -2.35. The van der Waals surface area contributed by atoms with E-state index in [1.807, 2.05) is 4.90 Å². The fourth-order valence-electron chi connectivity index (χ4n) is 5.49. The Hall–Kier alpha value is -2.43. The van der Waals surface area contributed by atoms with Crippen LogP contribution < -0.4 is 5.73 Å². The highest BCUT2D eigenvalue weighted by molar-refractivity contribution is 6.09. The molecule has 1 saturated carbocycles. The van der Waals surface area contributed by atoms with Crippen molar-refractivity contribution in [2.24, 2.45) is 22.6 Å². The van der Waals surface area contributed by atoms with E-state index in [2.05, 4.69) is 64.7 Å². The first kappa shape index (κ1) is 31.8. The van der Waals surface area contributed by atoms with E-state index in [9.17, 15) is 9.59 Å². The molecule has 212 valence electrons. The molecule has 2 aliphatic rings. The van der Waals surface area contributed by atoms with Crippen LogP contribution in [-0.2, 0) is 9.59 Å². The molecule has 1 aromatic carbocycles. The molecule has 2 fully saturated rings. The Morgan fingerprint density at radius 1 is 1.11 bits per heavy atom. The zero-order valence-electron chi connectivity index (χ0n) is 25.2. The van der Waals surface area contributed by atoms with Crippen LogP contribution in [0.3, 0.4) is 0 Å². The summed E-state index contributed by atoms with van der Waals surface area (Å²) >= 11 is 0. The number of rotatable bonds is 9. The molecule has 2 N–H and O–H groups in total. The van der Waals surface area contributed by atoms with Gasteiger partial charge in [0, 0.05) is 24.4 Å². The molecule has 1 aromatic rings. The monoisotopic (exact) mass is 523 g/mol. The van der Waals surface area contributed by atoms with Crippen molar-refractivity contribution in [3.05, 3.63) is 46.2 Å². The van der Waals surface area contributed by atoms with Crippen LogP contribution in [0, 0.1) is 25.7 Å². The number of allylic oxidation sites excluding steroid dienone is 1. The molecule has 1 aliphatic carbocycles. The maximum atomic E-state index is 12.6. The van der Waals surface area contributed by atoms with E-state index in [0.29, 0.717) is 17.5 Å². The first-order chi connectivity index (χ1) is 18.1. The lowest BCUT2D eigenvalue weighted by molar-refractivity contribution is -0.129. The van der Waals surface area contributed by atoms with E-state index in [-0.39, 0.29) is 18.2 Å². The molecule has 1 heterocycles. The van der Waals surface area contributed by atoms with Crippen LogP contribution in [0.2, 0.25) is 0 Å². The third-order valence-corrected chi connectivity index (χ3v) is 8.53. The number of amides is 1. The fraction of sp³-hybridized carbons (Fsp3) is 0.667. The molecular formula is C33H53N3O2. The van der Waals surface area contributed by atoms with Crippen molar-refractivity contribution < 1.29 is 9.59 Å². The minimum Gasteiger partial charge on any atom is -0.394 e. The Kier molecular flexibility index (Phi) is 13.3. The summed E-state index contributed by atoms with van der Waals surface area (Å²) < 4.78 is 0. The van der Waals surface area contributed by atoms with Crippen LogP contribution in [0.15, 0.2) is 34.5 Å². The number of hydrogen-bond acceptors (Lipinski definition) is 4. The second kappa shape index (κ2) is 15.9. The SMILES string of the molecule is CC(=O)CN=C1CCC/C1=C(/N)C(=O)N1CC[C@@H](C)[C@@H](C)C1.CCCCCCC(C)c1cccc(C)c1C. The molecule has 0 radical (unpaired) electrons. The quantitative estimate of drug-likeness (QED) is 0.273. The molecular weight excluding hydrogens is 470 g/mol. The fourth-order valence-corrected chi connectivity index (χ4v) is 5.49. The van der Waals surface area contributed by atoms with Crippen LogP contribution in [-0.4, -0.2) is 41.9 Å². The molecule has 5 nitrogen and oxygen atoms in total. The van der Waals surface area contributed by atoms with E-state index < -0.39 is 0 Å². The summed E-state index contributed by atoms with van der Waals surface area (Å²) in [4.78, 5) is 29.9. The predicted octanol–water partition coefficient (Wildman–Crippen LogP) is 7.29. The summed E-state index contributed by atoms with van der Waals surface area (Å²) in [5, 5.41) is 0. The van der Waals surface area contributed by atoms with Gasteiger partial charge >= 0.3 is 0 Å². The van der Waals surface area contributed by atoms with Crippen LogP contribution >= 0.6 is 0 Å². The Balaban J connectivity index is 0.000000281. The van der Waals surface area contributed by atoms with Gasteiger partial charge in [0.15, 0.2) is 5.78 Å². The van der Waals surface area contributed by atoms with Gasteiger partial charge in [0.2, 0.25) is 0 Å². The number of nitrogens with two attached hydrogens (primary N) is 1. The standard InChI is InChI=1S/C17H27N3O2.C16H26/c1-11-7-8-20(10-12(11)2)17(22)16(18)14-5-4-6-15(14)19-9-13(3)21;1-5-6-7-8-10-14(3)16-12-9-11-13(2)15(16)4/h11-12H,4-10,18H2,1-3H3;9,11-12,14H,5-8,10H2,1-4H3/b16-14-,19-15?;/t11-,12+;/m1./s1. The van der Waals surface area contributed by atoms with Gasteiger partial charge in [-0.15, -0.1) is 0 Å². The third kappa shape index (κ3) is 9.39. The predicted molar refractivity (Wildman–Crippen MR) is 161 cm³/mol. The summed E-state index contributed by atoms with van der Waals surface area (Å²) in [6.07, 6.45) is 10.4. The summed E-state index contributed by atoms with van der Waals surface area (Å²) in [5.74, 6) is 1.84. The summed E-state index contributed by atoms with van der Waals surface area (Å²) in [6.45, 7) is 16.8. The molecule has 0 spiro atoms. The average Bonchev–Trinajstić information content (AvgIpc) is 3.36. The molecule has 1 unspecified atom stereocenters. The van der Waals surface area contributed by atoms with Crippen LogP contribution in [0.25, 0.3) is 0 Å². The third-order valence-electron chi connectivity index (χ3n) is 8.53. The van der Waals surface area contributed by atoms with E-state index in [4.69, 9.17) is 5.73 Å². The second-order valence-electron chi connectivity index (χ2n) is 11.7. The van der Waals surface area contributed by atoms with Crippen molar-refractivity contribution >= 4 is 17.4 Å². The number of Topliss-reactive ketones (excluding diaryl/α,β-unsaturated/α-hetero) is 1. The zero-order chi connectivity index (χ0) is 28.2. The molecule has 3 rings (SSSR count). The van der Waals surface area contributed by atoms with Crippen LogP contribution in [0.4, 0.5) is 0 Å². The topological polar surface area (TPSA) is 75.8 Å². The summed E-state index contributed by atoms with van der Waals surface area (Å²) in [6, 6.07) is 6.70. The van der Waals surface area contributed by atoms with Crippen molar-refractivity contribution in [2.75, 3.05) is 19.6 Å². The molecule has 0 aromatic heterocycles. The lowest BCUT2D eigenvalue weighted by Crippen LogP contribution is -2.44. The first-order valence-electron chi connectivity index (χ1n) is 14.9. The highest BCUT2D eigenvalue weighted by atomic mass is 16.2. The van der Waals surface area contributed by atoms with Gasteiger partial charge in [-0.1, -0.05) is 71.6 Å². The Morgan fingerprint density at radius 2 is 1.84 bits per heavy atom. The van der Waals surface area contributed by atoms with Gasteiger partial charge in [0.1, 0.15) is 5.70 Å². The van der Waals surface area contributed by atoms with E-state index in [1.54, 1.807) is 5.56 Å². The number of aliphatic imine (C=N–C) groups is 1. The molecule has 1 saturated heterocycles. The van der Waals surface area contributed by atoms with Gasteiger partial charge in [-0.05, 0) is 87.3 Å². The Labute approximate surface area is 232 Å². The highest BCUT2D eigenvalue weighted by Crippen LogP contribution is 2.28. The van der Waals surface area contributed by atoms with Gasteiger partial charge in [0.05, 0.1) is 6.54 Å². The number of piperidine rings is 1. The van der Waals surface area contributed by atoms with E-state index in [1.165, 1.54) is 50.2 Å². The van der Waals surface area contributed by atoms with Crippen molar-refractivity contribution in [3.8, 4) is 0 Å². The maximum absolute atomic E-state index is 12.6. The molecule has 5 heteroatoms. The molecule has 0 bridgehead atoms. The number of ketones is 1. The number of benzene rings is 1. The van der Waals surface area contributed by atoms with Crippen LogP contribution in [0.5, 0.6) is 0 Å². The van der Waals surface area contributed by atoms with Gasteiger partial charge in [-0.2, -0.15) is 0 Å². The number of carbonyl (C=O) groups excluding carboxylic acids is 2. The van der Waals surface area contributed by atoms with Crippen molar-refractivity contribution in [2.45, 2.75) is 112 Å². The van der Waals surface area contributed by atoms with Crippen LogP contribution in [0.1, 0.15) is 115 Å². The average molecular weight is 524 g/mol. The number of carbonyl (C=O) groups is 2. The van der Waals surface area contributed by atoms with Crippen molar-refractivity contribution in [1.82, 2.24) is 4.90 Å². The molecule has 3 atom stereocenters. The Bertz CT molecular complexity index is 994. The number of nitrogens with zero attached hydrogens (tertiary/aromatic N) is 2. The van der Waals surface area contributed by atoms with Crippen molar-refractivity contribution in [3.63, 3.8) is 0 Å². The molecule has 1 aliphatic heterocycles. The van der Waals surface area contributed by atoms with Gasteiger partial charge < -0.3 is 10.6 Å². The van der Waals surface area contributed by atoms with E-state index >= 15 is 0 Å². The van der Waals surface area contributed by atoms with Gasteiger partial charge in [-0.25, -0.2) is 0 Å². The smallest absolute Gasteiger partial charge is 0.270 e. The number of unbranched alkanes of at least 4 members (excludes halogenated alkanes) is 3. The minimum absolute atomic E-state index is 0.0301. The molecule has 38 heavy (non-hydrogen) atoms.